The molecule has 1 aliphatic rings. The largest absolute Gasteiger partial charge is 0.379 e. The lowest BCUT2D eigenvalue weighted by atomic mass is 10.0. The third-order valence-corrected chi connectivity index (χ3v) is 5.20. The Bertz CT molecular complexity index is 741. The van der Waals surface area contributed by atoms with Crippen LogP contribution in [-0.2, 0) is 11.3 Å². The molecule has 3 rings (SSSR count). The van der Waals surface area contributed by atoms with E-state index in [0.29, 0.717) is 12.0 Å². The maximum atomic E-state index is 5.52. The van der Waals surface area contributed by atoms with Crippen molar-refractivity contribution in [1.29, 1.82) is 0 Å². The van der Waals surface area contributed by atoms with Crippen molar-refractivity contribution < 1.29 is 4.74 Å². The molecule has 0 radical (unpaired) electrons. The van der Waals surface area contributed by atoms with Gasteiger partial charge in [-0.25, -0.2) is 4.68 Å². The maximum absolute atomic E-state index is 5.52. The number of guanidine groups is 1. The number of nitrogens with one attached hydrogen (secondary N) is 2. The molecule has 0 amide bonds. The molecule has 8 heteroatoms. The Morgan fingerprint density at radius 1 is 1.17 bits per heavy atom. The molecule has 0 aliphatic carbocycles. The van der Waals surface area contributed by atoms with Crippen molar-refractivity contribution in [2.24, 2.45) is 10.9 Å². The lowest BCUT2D eigenvalue weighted by Gasteiger charge is -2.35. The minimum absolute atomic E-state index is 0. The first-order valence-corrected chi connectivity index (χ1v) is 10.5. The first-order valence-electron chi connectivity index (χ1n) is 10.5. The predicted octanol–water partition coefficient (Wildman–Crippen LogP) is 2.90. The molecule has 0 bridgehead atoms. The van der Waals surface area contributed by atoms with E-state index in [-0.39, 0.29) is 24.0 Å². The highest BCUT2D eigenvalue weighted by Gasteiger charge is 2.22. The molecule has 0 saturated carbocycles. The Labute approximate surface area is 197 Å². The Balaban J connectivity index is 0.00000320. The minimum Gasteiger partial charge on any atom is -0.379 e. The summed E-state index contributed by atoms with van der Waals surface area (Å²) < 4.78 is 7.38. The summed E-state index contributed by atoms with van der Waals surface area (Å²) in [5.41, 5.74) is 2.26. The average Bonchev–Trinajstić information content (AvgIpc) is 3.28. The zero-order chi connectivity index (χ0) is 20.5. The van der Waals surface area contributed by atoms with Crippen molar-refractivity contribution in [1.82, 2.24) is 25.3 Å². The van der Waals surface area contributed by atoms with E-state index in [2.05, 4.69) is 63.7 Å². The standard InChI is InChI=1S/C22H34N6O.HI/c1-18(2)15-21(27-11-13-29-14-12-27)17-25-22(23-3)24-16-19-5-7-20(8-6-19)28-10-4-9-26-28;/h4-10,18,21H,11-17H2,1-3H3,(H2,23,24,25);1H. The van der Waals surface area contributed by atoms with Crippen molar-refractivity contribution >= 4 is 29.9 Å². The Kier molecular flexibility index (Phi) is 10.6. The summed E-state index contributed by atoms with van der Waals surface area (Å²) in [4.78, 5) is 6.93. The van der Waals surface area contributed by atoms with E-state index in [1.807, 2.05) is 24.0 Å². The van der Waals surface area contributed by atoms with E-state index < -0.39 is 0 Å². The molecule has 1 aromatic carbocycles. The average molecular weight is 526 g/mol. The predicted molar refractivity (Wildman–Crippen MR) is 133 cm³/mol. The van der Waals surface area contributed by atoms with E-state index in [1.165, 1.54) is 12.0 Å². The Morgan fingerprint density at radius 3 is 2.50 bits per heavy atom. The van der Waals surface area contributed by atoms with E-state index in [9.17, 15) is 0 Å². The quantitative estimate of drug-likeness (QED) is 0.315. The van der Waals surface area contributed by atoms with Gasteiger partial charge in [0.1, 0.15) is 0 Å². The smallest absolute Gasteiger partial charge is 0.191 e. The van der Waals surface area contributed by atoms with Gasteiger partial charge in [0.05, 0.1) is 18.9 Å². The first-order chi connectivity index (χ1) is 14.2. The van der Waals surface area contributed by atoms with Gasteiger partial charge >= 0.3 is 0 Å². The van der Waals surface area contributed by atoms with Crippen molar-refractivity contribution in [2.45, 2.75) is 32.9 Å². The molecular weight excluding hydrogens is 491 g/mol. The second kappa shape index (κ2) is 12.9. The molecule has 2 N–H and O–H groups in total. The molecule has 2 aromatic rings. The highest BCUT2D eigenvalue weighted by atomic mass is 127. The molecular formula is C22H35IN6O. The lowest BCUT2D eigenvalue weighted by molar-refractivity contribution is 0.0132. The second-order valence-corrected chi connectivity index (χ2v) is 7.86. The van der Waals surface area contributed by atoms with Crippen molar-refractivity contribution in [2.75, 3.05) is 39.9 Å². The van der Waals surface area contributed by atoms with Gasteiger partial charge in [-0.05, 0) is 36.1 Å². The highest BCUT2D eigenvalue weighted by Crippen LogP contribution is 2.13. The summed E-state index contributed by atoms with van der Waals surface area (Å²) in [6.07, 6.45) is 4.90. The first kappa shape index (κ1) is 24.6. The monoisotopic (exact) mass is 526 g/mol. The molecule has 1 atom stereocenters. The molecule has 2 heterocycles. The van der Waals surface area contributed by atoms with Gasteiger partial charge in [0.25, 0.3) is 0 Å². The highest BCUT2D eigenvalue weighted by molar-refractivity contribution is 14.0. The van der Waals surface area contributed by atoms with Gasteiger partial charge in [-0.2, -0.15) is 5.10 Å². The van der Waals surface area contributed by atoms with Gasteiger partial charge in [-0.1, -0.05) is 26.0 Å². The van der Waals surface area contributed by atoms with Crippen LogP contribution in [0.5, 0.6) is 0 Å². The zero-order valence-electron chi connectivity index (χ0n) is 18.3. The fraction of sp³-hybridized carbons (Fsp3) is 0.545. The number of aromatic nitrogens is 2. The SMILES string of the molecule is CN=C(NCc1ccc(-n2cccn2)cc1)NCC(CC(C)C)N1CCOCC1.I. The second-order valence-electron chi connectivity index (χ2n) is 7.86. The minimum atomic E-state index is 0. The number of hydrogen-bond acceptors (Lipinski definition) is 4. The number of morpholine rings is 1. The van der Waals surface area contributed by atoms with E-state index in [1.54, 1.807) is 6.20 Å². The lowest BCUT2D eigenvalue weighted by Crippen LogP contribution is -2.50. The third kappa shape index (κ3) is 7.55. The summed E-state index contributed by atoms with van der Waals surface area (Å²) in [5.74, 6) is 1.50. The molecule has 1 fully saturated rings. The Morgan fingerprint density at radius 2 is 1.90 bits per heavy atom. The normalized spacial score (nSPS) is 16.2. The molecule has 0 spiro atoms. The number of benzene rings is 1. The molecule has 1 unspecified atom stereocenters. The van der Waals surface area contributed by atoms with Gasteiger partial charge in [-0.3, -0.25) is 9.89 Å². The molecule has 1 saturated heterocycles. The summed E-state index contributed by atoms with van der Waals surface area (Å²) >= 11 is 0. The van der Waals surface area contributed by atoms with Crippen LogP contribution in [0.15, 0.2) is 47.7 Å². The van der Waals surface area contributed by atoms with Crippen LogP contribution in [0.2, 0.25) is 0 Å². The number of rotatable bonds is 8. The van der Waals surface area contributed by atoms with Crippen LogP contribution < -0.4 is 10.6 Å². The van der Waals surface area contributed by atoms with Crippen LogP contribution >= 0.6 is 24.0 Å². The number of nitrogens with zero attached hydrogens (tertiary/aromatic N) is 4. The third-order valence-electron chi connectivity index (χ3n) is 5.20. The van der Waals surface area contributed by atoms with Crippen molar-refractivity contribution in [3.05, 3.63) is 48.3 Å². The molecule has 1 aromatic heterocycles. The van der Waals surface area contributed by atoms with Crippen molar-refractivity contribution in [3.8, 4) is 5.69 Å². The van der Waals surface area contributed by atoms with E-state index in [4.69, 9.17) is 4.74 Å². The fourth-order valence-corrected chi connectivity index (χ4v) is 3.66. The van der Waals surface area contributed by atoms with Crippen LogP contribution in [0.3, 0.4) is 0 Å². The number of hydrogen-bond donors (Lipinski definition) is 2. The summed E-state index contributed by atoms with van der Waals surface area (Å²) in [6, 6.07) is 10.8. The molecule has 7 nitrogen and oxygen atoms in total. The Hall–Kier alpha value is -1.65. The van der Waals surface area contributed by atoms with Crippen molar-refractivity contribution in [3.63, 3.8) is 0 Å². The van der Waals surface area contributed by atoms with Crippen LogP contribution in [0.1, 0.15) is 25.8 Å². The summed E-state index contributed by atoms with van der Waals surface area (Å²) in [7, 11) is 1.82. The van der Waals surface area contributed by atoms with Gasteiger partial charge in [0.2, 0.25) is 0 Å². The van der Waals surface area contributed by atoms with Crippen LogP contribution in [0, 0.1) is 5.92 Å². The fourth-order valence-electron chi connectivity index (χ4n) is 3.66. The van der Waals surface area contributed by atoms with E-state index >= 15 is 0 Å². The summed E-state index contributed by atoms with van der Waals surface area (Å²) in [5, 5.41) is 11.2. The van der Waals surface area contributed by atoms with Gasteiger partial charge in [0, 0.05) is 51.7 Å². The van der Waals surface area contributed by atoms with E-state index in [0.717, 1.165) is 51.0 Å². The topological polar surface area (TPSA) is 66.7 Å². The van der Waals surface area contributed by atoms with Crippen LogP contribution in [0.4, 0.5) is 0 Å². The van der Waals surface area contributed by atoms with Gasteiger partial charge in [0.15, 0.2) is 5.96 Å². The number of halogens is 1. The molecule has 1 aliphatic heterocycles. The van der Waals surface area contributed by atoms with Crippen LogP contribution in [0.25, 0.3) is 5.69 Å². The molecule has 30 heavy (non-hydrogen) atoms. The number of aliphatic imine (C=N–C) groups is 1. The number of ether oxygens (including phenoxy) is 1. The maximum Gasteiger partial charge on any atom is 0.191 e. The van der Waals surface area contributed by atoms with Gasteiger partial charge in [-0.15, -0.1) is 24.0 Å². The summed E-state index contributed by atoms with van der Waals surface area (Å²) in [6.45, 7) is 9.86. The molecule has 166 valence electrons. The van der Waals surface area contributed by atoms with Crippen LogP contribution in [-0.4, -0.2) is 66.6 Å². The van der Waals surface area contributed by atoms with Gasteiger partial charge < -0.3 is 15.4 Å². The zero-order valence-corrected chi connectivity index (χ0v) is 20.6.